The number of nitrogen functional groups attached to an aromatic ring is 1. The van der Waals surface area contributed by atoms with Crippen LogP contribution in [0.2, 0.25) is 0 Å². The monoisotopic (exact) mass is 258 g/mol. The highest BCUT2D eigenvalue weighted by Crippen LogP contribution is 2.18. The number of benzene rings is 1. The number of carbonyl (C=O) groups excluding carboxylic acids is 1. The van der Waals surface area contributed by atoms with E-state index in [4.69, 9.17) is 5.73 Å². The van der Waals surface area contributed by atoms with Crippen LogP contribution < -0.4 is 10.6 Å². The molecule has 0 aliphatic carbocycles. The molecule has 0 fully saturated rings. The van der Waals surface area contributed by atoms with Crippen molar-refractivity contribution in [1.29, 1.82) is 0 Å². The van der Waals surface area contributed by atoms with Crippen molar-refractivity contribution in [1.82, 2.24) is 9.78 Å². The van der Waals surface area contributed by atoms with Gasteiger partial charge in [-0.05, 0) is 26.0 Å². The third kappa shape index (κ3) is 2.59. The van der Waals surface area contributed by atoms with E-state index in [0.717, 1.165) is 11.3 Å². The molecule has 0 aliphatic rings. The van der Waals surface area contributed by atoms with E-state index in [2.05, 4.69) is 5.10 Å². The Balaban J connectivity index is 2.27. The molecular weight excluding hydrogens is 240 g/mol. The van der Waals surface area contributed by atoms with Crippen LogP contribution in [0.25, 0.3) is 0 Å². The summed E-state index contributed by atoms with van der Waals surface area (Å²) in [6, 6.07) is 7.74. The fraction of sp³-hybridized carbons (Fsp3) is 0.286. The predicted octanol–water partition coefficient (Wildman–Crippen LogP) is 2.07. The van der Waals surface area contributed by atoms with Crippen molar-refractivity contribution in [3.63, 3.8) is 0 Å². The lowest BCUT2D eigenvalue weighted by Gasteiger charge is -2.16. The maximum atomic E-state index is 12.4. The van der Waals surface area contributed by atoms with E-state index in [9.17, 15) is 4.79 Å². The topological polar surface area (TPSA) is 64.2 Å². The molecule has 0 saturated heterocycles. The van der Waals surface area contributed by atoms with Gasteiger partial charge in [-0.3, -0.25) is 9.48 Å². The number of carbonyl (C=O) groups is 1. The van der Waals surface area contributed by atoms with E-state index < -0.39 is 0 Å². The van der Waals surface area contributed by atoms with Gasteiger partial charge in [-0.2, -0.15) is 5.10 Å². The molecule has 1 amide bonds. The number of nitrogens with two attached hydrogens (primary N) is 1. The Bertz CT molecular complexity index is 586. The van der Waals surface area contributed by atoms with Crippen LogP contribution in [0, 0.1) is 6.92 Å². The van der Waals surface area contributed by atoms with Crippen molar-refractivity contribution in [3.05, 3.63) is 41.7 Å². The highest BCUT2D eigenvalue weighted by molar-refractivity contribution is 6.07. The number of aryl methyl sites for hydroxylation is 2. The van der Waals surface area contributed by atoms with Crippen LogP contribution in [0.5, 0.6) is 0 Å². The fourth-order valence-electron chi connectivity index (χ4n) is 1.81. The zero-order valence-electron chi connectivity index (χ0n) is 11.4. The number of hydrogen-bond donors (Lipinski definition) is 1. The molecule has 1 aromatic carbocycles. The Labute approximate surface area is 112 Å². The summed E-state index contributed by atoms with van der Waals surface area (Å²) in [5.74, 6) is -0.200. The van der Waals surface area contributed by atoms with E-state index in [1.54, 1.807) is 22.8 Å². The van der Waals surface area contributed by atoms with Gasteiger partial charge in [-0.1, -0.05) is 17.7 Å². The summed E-state index contributed by atoms with van der Waals surface area (Å²) in [6.07, 6.45) is 1.68. The second-order valence-corrected chi connectivity index (χ2v) is 4.49. The Morgan fingerprint density at radius 3 is 2.53 bits per heavy atom. The van der Waals surface area contributed by atoms with Crippen LogP contribution in [0.4, 0.5) is 11.4 Å². The SMILES string of the molecule is CCn1cc(N)c(C(=O)N(C)c2ccc(C)cc2)n1. The first-order valence-corrected chi connectivity index (χ1v) is 6.20. The molecule has 0 radical (unpaired) electrons. The standard InChI is InChI=1S/C14H18N4O/c1-4-18-9-12(15)13(16-18)14(19)17(3)11-7-5-10(2)6-8-11/h5-9H,4,15H2,1-3H3. The first-order valence-electron chi connectivity index (χ1n) is 6.20. The highest BCUT2D eigenvalue weighted by atomic mass is 16.2. The molecule has 5 nitrogen and oxygen atoms in total. The van der Waals surface area contributed by atoms with Crippen LogP contribution in [-0.2, 0) is 6.54 Å². The van der Waals surface area contributed by atoms with Crippen LogP contribution in [0.3, 0.4) is 0 Å². The second-order valence-electron chi connectivity index (χ2n) is 4.49. The molecule has 0 atom stereocenters. The average molecular weight is 258 g/mol. The first-order chi connectivity index (χ1) is 9.02. The van der Waals surface area contributed by atoms with Crippen LogP contribution in [0.15, 0.2) is 30.5 Å². The third-order valence-electron chi connectivity index (χ3n) is 3.04. The van der Waals surface area contributed by atoms with E-state index in [1.165, 1.54) is 0 Å². The minimum atomic E-state index is -0.200. The van der Waals surface area contributed by atoms with Gasteiger partial charge in [0.2, 0.25) is 0 Å². The molecule has 0 saturated carbocycles. The van der Waals surface area contributed by atoms with Gasteiger partial charge in [-0.15, -0.1) is 0 Å². The molecule has 100 valence electrons. The van der Waals surface area contributed by atoms with Gasteiger partial charge >= 0.3 is 0 Å². The molecule has 2 N–H and O–H groups in total. The molecule has 1 heterocycles. The highest BCUT2D eigenvalue weighted by Gasteiger charge is 2.19. The molecule has 2 aromatic rings. The summed E-state index contributed by atoms with van der Waals surface area (Å²) >= 11 is 0. The Hall–Kier alpha value is -2.30. The van der Waals surface area contributed by atoms with Crippen LogP contribution in [-0.4, -0.2) is 22.7 Å². The lowest BCUT2D eigenvalue weighted by molar-refractivity contribution is 0.0988. The van der Waals surface area contributed by atoms with E-state index in [-0.39, 0.29) is 5.91 Å². The summed E-state index contributed by atoms with van der Waals surface area (Å²) < 4.78 is 1.66. The van der Waals surface area contributed by atoms with Crippen molar-refractivity contribution >= 4 is 17.3 Å². The second kappa shape index (κ2) is 5.14. The minimum absolute atomic E-state index is 0.200. The molecule has 0 unspecified atom stereocenters. The molecule has 1 aromatic heterocycles. The van der Waals surface area contributed by atoms with Crippen LogP contribution >= 0.6 is 0 Å². The van der Waals surface area contributed by atoms with E-state index in [0.29, 0.717) is 17.9 Å². The zero-order chi connectivity index (χ0) is 14.0. The van der Waals surface area contributed by atoms with Crippen molar-refractivity contribution in [2.45, 2.75) is 20.4 Å². The molecule has 2 rings (SSSR count). The first kappa shape index (κ1) is 13.1. The van der Waals surface area contributed by atoms with E-state index in [1.807, 2.05) is 38.1 Å². The summed E-state index contributed by atoms with van der Waals surface area (Å²) in [6.45, 7) is 4.64. The lowest BCUT2D eigenvalue weighted by atomic mass is 10.2. The van der Waals surface area contributed by atoms with Crippen molar-refractivity contribution in [2.75, 3.05) is 17.7 Å². The molecule has 19 heavy (non-hydrogen) atoms. The maximum absolute atomic E-state index is 12.4. The minimum Gasteiger partial charge on any atom is -0.396 e. The predicted molar refractivity (Wildman–Crippen MR) is 76.2 cm³/mol. The largest absolute Gasteiger partial charge is 0.396 e. The van der Waals surface area contributed by atoms with Crippen molar-refractivity contribution in [3.8, 4) is 0 Å². The van der Waals surface area contributed by atoms with Crippen molar-refractivity contribution in [2.24, 2.45) is 0 Å². The van der Waals surface area contributed by atoms with Gasteiger partial charge in [0.1, 0.15) is 0 Å². The zero-order valence-corrected chi connectivity index (χ0v) is 11.4. The summed E-state index contributed by atoms with van der Waals surface area (Å²) in [7, 11) is 1.72. The summed E-state index contributed by atoms with van der Waals surface area (Å²) in [5.41, 5.74) is 8.50. The number of aromatic nitrogens is 2. The average Bonchev–Trinajstić information content (AvgIpc) is 2.79. The number of amides is 1. The number of anilines is 2. The Morgan fingerprint density at radius 1 is 1.37 bits per heavy atom. The normalized spacial score (nSPS) is 10.5. The molecule has 0 aliphatic heterocycles. The van der Waals surface area contributed by atoms with Gasteiger partial charge in [0, 0.05) is 25.5 Å². The van der Waals surface area contributed by atoms with Gasteiger partial charge in [0.15, 0.2) is 5.69 Å². The Morgan fingerprint density at radius 2 is 2.00 bits per heavy atom. The van der Waals surface area contributed by atoms with Crippen LogP contribution in [0.1, 0.15) is 23.0 Å². The van der Waals surface area contributed by atoms with Gasteiger partial charge < -0.3 is 10.6 Å². The third-order valence-corrected chi connectivity index (χ3v) is 3.04. The van der Waals surface area contributed by atoms with Gasteiger partial charge in [-0.25, -0.2) is 0 Å². The number of rotatable bonds is 3. The molecule has 0 bridgehead atoms. The fourth-order valence-corrected chi connectivity index (χ4v) is 1.81. The quantitative estimate of drug-likeness (QED) is 0.916. The Kier molecular flexibility index (Phi) is 3.55. The smallest absolute Gasteiger partial charge is 0.280 e. The maximum Gasteiger partial charge on any atom is 0.280 e. The number of hydrogen-bond acceptors (Lipinski definition) is 3. The van der Waals surface area contributed by atoms with E-state index >= 15 is 0 Å². The molecule has 5 heteroatoms. The molecule has 0 spiro atoms. The molecular formula is C14H18N4O. The van der Waals surface area contributed by atoms with Crippen molar-refractivity contribution < 1.29 is 4.79 Å². The number of nitrogens with zero attached hydrogens (tertiary/aromatic N) is 3. The lowest BCUT2D eigenvalue weighted by Crippen LogP contribution is -2.27. The van der Waals surface area contributed by atoms with Gasteiger partial charge in [0.25, 0.3) is 5.91 Å². The summed E-state index contributed by atoms with van der Waals surface area (Å²) in [5, 5.41) is 4.19. The van der Waals surface area contributed by atoms with Gasteiger partial charge in [0.05, 0.1) is 5.69 Å². The summed E-state index contributed by atoms with van der Waals surface area (Å²) in [4.78, 5) is 13.9.